The molecule has 0 radical (unpaired) electrons. The highest BCUT2D eigenvalue weighted by Crippen LogP contribution is 2.37. The summed E-state index contributed by atoms with van der Waals surface area (Å²) in [5.41, 5.74) is 5.41. The average molecular weight is 284 g/mol. The van der Waals surface area contributed by atoms with Gasteiger partial charge in [0.1, 0.15) is 5.60 Å². The number of nitrogens with zero attached hydrogens (tertiary/aromatic N) is 1. The summed E-state index contributed by atoms with van der Waals surface area (Å²) in [6, 6.07) is 0. The van der Waals surface area contributed by atoms with Crippen LogP contribution in [0.25, 0.3) is 0 Å². The van der Waals surface area contributed by atoms with Crippen LogP contribution in [0, 0.1) is 5.92 Å². The molecule has 1 amide bonds. The lowest BCUT2D eigenvalue weighted by atomic mass is 9.75. The van der Waals surface area contributed by atoms with E-state index in [1.54, 1.807) is 0 Å². The molecule has 1 aliphatic rings. The number of rotatable bonds is 4. The van der Waals surface area contributed by atoms with Gasteiger partial charge in [-0.15, -0.1) is 0 Å². The van der Waals surface area contributed by atoms with E-state index in [0.717, 1.165) is 32.2 Å². The Morgan fingerprint density at radius 3 is 2.55 bits per heavy atom. The third-order valence-corrected chi connectivity index (χ3v) is 4.08. The van der Waals surface area contributed by atoms with E-state index < -0.39 is 5.60 Å². The van der Waals surface area contributed by atoms with Crippen LogP contribution in [0.2, 0.25) is 0 Å². The van der Waals surface area contributed by atoms with Gasteiger partial charge in [0, 0.05) is 13.1 Å². The molecule has 0 heterocycles. The summed E-state index contributed by atoms with van der Waals surface area (Å²) >= 11 is 0. The molecule has 118 valence electrons. The predicted molar refractivity (Wildman–Crippen MR) is 82.6 cm³/mol. The number of hydrogen-bond acceptors (Lipinski definition) is 3. The Hall–Kier alpha value is -0.770. The first-order valence-corrected chi connectivity index (χ1v) is 7.95. The molecule has 20 heavy (non-hydrogen) atoms. The first-order valence-electron chi connectivity index (χ1n) is 7.95. The van der Waals surface area contributed by atoms with Crippen molar-refractivity contribution in [1.82, 2.24) is 4.90 Å². The molecule has 2 atom stereocenters. The van der Waals surface area contributed by atoms with E-state index in [-0.39, 0.29) is 11.6 Å². The molecule has 0 spiro atoms. The molecule has 0 aromatic rings. The van der Waals surface area contributed by atoms with Crippen molar-refractivity contribution in [2.45, 2.75) is 77.9 Å². The minimum Gasteiger partial charge on any atom is -0.444 e. The SMILES string of the molecule is CCCN(C(=O)OC(C)(C)C)C1(CN)CCCC(C)C1. The molecule has 0 bridgehead atoms. The number of hydrogen-bond donors (Lipinski definition) is 1. The maximum atomic E-state index is 12.6. The first-order chi connectivity index (χ1) is 9.24. The highest BCUT2D eigenvalue weighted by atomic mass is 16.6. The van der Waals surface area contributed by atoms with Gasteiger partial charge in [0.25, 0.3) is 0 Å². The van der Waals surface area contributed by atoms with Crippen LogP contribution in [-0.2, 0) is 4.74 Å². The van der Waals surface area contributed by atoms with E-state index in [0.29, 0.717) is 12.5 Å². The summed E-state index contributed by atoms with van der Waals surface area (Å²) in [4.78, 5) is 14.5. The molecule has 0 saturated heterocycles. The molecule has 2 N–H and O–H groups in total. The Balaban J connectivity index is 2.94. The molecule has 1 aliphatic carbocycles. The maximum absolute atomic E-state index is 12.6. The Morgan fingerprint density at radius 1 is 1.45 bits per heavy atom. The van der Waals surface area contributed by atoms with Crippen molar-refractivity contribution in [3.05, 3.63) is 0 Å². The zero-order valence-electron chi connectivity index (χ0n) is 13.9. The summed E-state index contributed by atoms with van der Waals surface area (Å²) in [5, 5.41) is 0. The molecule has 0 aromatic heterocycles. The number of ether oxygens (including phenoxy) is 1. The highest BCUT2D eigenvalue weighted by molar-refractivity contribution is 5.69. The normalized spacial score (nSPS) is 27.2. The summed E-state index contributed by atoms with van der Waals surface area (Å²) in [6.07, 6.45) is 5.07. The van der Waals surface area contributed by atoms with Crippen molar-refractivity contribution >= 4 is 6.09 Å². The van der Waals surface area contributed by atoms with Crippen LogP contribution in [0.3, 0.4) is 0 Å². The lowest BCUT2D eigenvalue weighted by molar-refractivity contribution is -0.0164. The van der Waals surface area contributed by atoms with Crippen LogP contribution in [0.1, 0.15) is 66.7 Å². The van der Waals surface area contributed by atoms with Gasteiger partial charge in [0.2, 0.25) is 0 Å². The molecule has 1 saturated carbocycles. The molecular weight excluding hydrogens is 252 g/mol. The highest BCUT2D eigenvalue weighted by Gasteiger charge is 2.42. The molecule has 2 unspecified atom stereocenters. The van der Waals surface area contributed by atoms with Crippen LogP contribution in [0.4, 0.5) is 4.79 Å². The van der Waals surface area contributed by atoms with Gasteiger partial charge in [-0.05, 0) is 46.0 Å². The minimum atomic E-state index is -0.459. The zero-order chi connectivity index (χ0) is 15.4. The molecule has 4 nitrogen and oxygen atoms in total. The number of carbonyl (C=O) groups is 1. The van der Waals surface area contributed by atoms with Crippen LogP contribution >= 0.6 is 0 Å². The second-order valence-corrected chi connectivity index (χ2v) is 7.26. The largest absolute Gasteiger partial charge is 0.444 e. The summed E-state index contributed by atoms with van der Waals surface area (Å²) < 4.78 is 5.60. The van der Waals surface area contributed by atoms with Crippen LogP contribution in [-0.4, -0.2) is 35.2 Å². The van der Waals surface area contributed by atoms with Gasteiger partial charge in [-0.3, -0.25) is 0 Å². The minimum absolute atomic E-state index is 0.209. The van der Waals surface area contributed by atoms with Crippen LogP contribution < -0.4 is 5.73 Å². The predicted octanol–water partition coefficient (Wildman–Crippen LogP) is 3.54. The molecule has 4 heteroatoms. The Morgan fingerprint density at radius 2 is 2.10 bits per heavy atom. The third kappa shape index (κ3) is 4.37. The maximum Gasteiger partial charge on any atom is 0.410 e. The summed E-state index contributed by atoms with van der Waals surface area (Å²) in [7, 11) is 0. The standard InChI is InChI=1S/C16H32N2O2/c1-6-10-18(14(19)20-15(3,4)5)16(12-17)9-7-8-13(2)11-16/h13H,6-12,17H2,1-5H3. The topological polar surface area (TPSA) is 55.6 Å². The van der Waals surface area contributed by atoms with E-state index in [1.807, 2.05) is 25.7 Å². The quantitative estimate of drug-likeness (QED) is 0.859. The third-order valence-electron chi connectivity index (χ3n) is 4.08. The monoisotopic (exact) mass is 284 g/mol. The van der Waals surface area contributed by atoms with E-state index in [2.05, 4.69) is 13.8 Å². The zero-order valence-corrected chi connectivity index (χ0v) is 13.9. The second-order valence-electron chi connectivity index (χ2n) is 7.26. The molecule has 0 aliphatic heterocycles. The summed E-state index contributed by atoms with van der Waals surface area (Å²) in [6.45, 7) is 11.3. The van der Waals surface area contributed by atoms with Gasteiger partial charge in [-0.1, -0.05) is 26.7 Å². The summed E-state index contributed by atoms with van der Waals surface area (Å²) in [5.74, 6) is 0.620. The van der Waals surface area contributed by atoms with E-state index in [9.17, 15) is 4.79 Å². The number of nitrogens with two attached hydrogens (primary N) is 1. The van der Waals surface area contributed by atoms with Crippen LogP contribution in [0.15, 0.2) is 0 Å². The van der Waals surface area contributed by atoms with Gasteiger partial charge >= 0.3 is 6.09 Å². The first kappa shape index (κ1) is 17.3. The van der Waals surface area contributed by atoms with Crippen molar-refractivity contribution in [1.29, 1.82) is 0 Å². The second kappa shape index (κ2) is 6.79. The van der Waals surface area contributed by atoms with E-state index >= 15 is 0 Å². The fourth-order valence-corrected chi connectivity index (χ4v) is 3.24. The molecule has 1 rings (SSSR count). The fraction of sp³-hybridized carbons (Fsp3) is 0.938. The van der Waals surface area contributed by atoms with Gasteiger partial charge in [0.05, 0.1) is 5.54 Å². The van der Waals surface area contributed by atoms with Gasteiger partial charge in [-0.25, -0.2) is 4.79 Å². The smallest absolute Gasteiger partial charge is 0.410 e. The van der Waals surface area contributed by atoms with Crippen molar-refractivity contribution < 1.29 is 9.53 Å². The van der Waals surface area contributed by atoms with Crippen molar-refractivity contribution in [2.75, 3.05) is 13.1 Å². The number of carbonyl (C=O) groups excluding carboxylic acids is 1. The van der Waals surface area contributed by atoms with E-state index in [1.165, 1.54) is 6.42 Å². The molecule has 0 aromatic carbocycles. The lowest BCUT2D eigenvalue weighted by Crippen LogP contribution is -2.59. The van der Waals surface area contributed by atoms with Crippen molar-refractivity contribution in [2.24, 2.45) is 11.7 Å². The van der Waals surface area contributed by atoms with Crippen molar-refractivity contribution in [3.63, 3.8) is 0 Å². The molecular formula is C16H32N2O2. The fourth-order valence-electron chi connectivity index (χ4n) is 3.24. The Bertz CT molecular complexity index is 325. The average Bonchev–Trinajstić information content (AvgIpc) is 2.33. The lowest BCUT2D eigenvalue weighted by Gasteiger charge is -2.47. The molecule has 1 fully saturated rings. The van der Waals surface area contributed by atoms with Gasteiger partial charge < -0.3 is 15.4 Å². The van der Waals surface area contributed by atoms with Crippen molar-refractivity contribution in [3.8, 4) is 0 Å². The van der Waals surface area contributed by atoms with Gasteiger partial charge in [-0.2, -0.15) is 0 Å². The van der Waals surface area contributed by atoms with E-state index in [4.69, 9.17) is 10.5 Å². The number of amides is 1. The Labute approximate surface area is 124 Å². The Kier molecular flexibility index (Phi) is 5.87. The van der Waals surface area contributed by atoms with Crippen LogP contribution in [0.5, 0.6) is 0 Å². The van der Waals surface area contributed by atoms with Gasteiger partial charge in [0.15, 0.2) is 0 Å².